The average molecular weight is 367 g/mol. The number of nitrogens with two attached hydrogens (primary N) is 1. The minimum Gasteiger partial charge on any atom is -0.398 e. The number of halogens is 1. The molecule has 1 atom stereocenters. The molecule has 27 heavy (non-hydrogen) atoms. The molecule has 4 N–H and O–H groups in total. The summed E-state index contributed by atoms with van der Waals surface area (Å²) in [5, 5.41) is 11.5. The van der Waals surface area contributed by atoms with Crippen molar-refractivity contribution < 1.29 is 9.18 Å². The maximum Gasteiger partial charge on any atom is 0.227 e. The molecule has 1 unspecified atom stereocenters. The molecule has 1 amide bonds. The third-order valence-corrected chi connectivity index (χ3v) is 5.13. The molecule has 2 aromatic carbocycles. The monoisotopic (exact) mass is 367 g/mol. The van der Waals surface area contributed by atoms with Crippen molar-refractivity contribution in [1.29, 1.82) is 5.41 Å². The molecule has 1 saturated carbocycles. The van der Waals surface area contributed by atoms with Crippen LogP contribution in [-0.2, 0) is 17.6 Å². The van der Waals surface area contributed by atoms with E-state index in [1.54, 1.807) is 30.3 Å². The van der Waals surface area contributed by atoms with Gasteiger partial charge in [-0.15, -0.1) is 0 Å². The zero-order valence-corrected chi connectivity index (χ0v) is 15.8. The Balaban J connectivity index is 1.77. The topological polar surface area (TPSA) is 79.0 Å². The van der Waals surface area contributed by atoms with Gasteiger partial charge in [0.15, 0.2) is 0 Å². The van der Waals surface area contributed by atoms with Crippen LogP contribution >= 0.6 is 0 Å². The highest BCUT2D eigenvalue weighted by atomic mass is 19.1. The molecular weight excluding hydrogens is 341 g/mol. The van der Waals surface area contributed by atoms with Crippen LogP contribution in [0.5, 0.6) is 0 Å². The largest absolute Gasteiger partial charge is 0.398 e. The fourth-order valence-corrected chi connectivity index (χ4v) is 3.28. The summed E-state index contributed by atoms with van der Waals surface area (Å²) < 4.78 is 13.5. The van der Waals surface area contributed by atoms with Gasteiger partial charge in [0.05, 0.1) is 0 Å². The van der Waals surface area contributed by atoms with Gasteiger partial charge in [0.25, 0.3) is 0 Å². The van der Waals surface area contributed by atoms with Crippen LogP contribution in [-0.4, -0.2) is 11.6 Å². The molecule has 0 spiro atoms. The van der Waals surface area contributed by atoms with Gasteiger partial charge in [-0.25, -0.2) is 4.39 Å². The number of hydrogen-bond acceptors (Lipinski definition) is 3. The Hall–Kier alpha value is -2.69. The Bertz CT molecular complexity index is 874. The summed E-state index contributed by atoms with van der Waals surface area (Å²) in [4.78, 5) is 12.0. The van der Waals surface area contributed by atoms with Crippen LogP contribution in [0.15, 0.2) is 36.4 Å². The lowest BCUT2D eigenvalue weighted by atomic mass is 9.89. The number of amides is 1. The molecule has 3 rings (SSSR count). The van der Waals surface area contributed by atoms with Crippen LogP contribution in [0.1, 0.15) is 43.4 Å². The summed E-state index contributed by atoms with van der Waals surface area (Å²) in [5.74, 6) is -0.168. The van der Waals surface area contributed by atoms with Crippen molar-refractivity contribution in [3.63, 3.8) is 0 Å². The molecule has 1 aliphatic carbocycles. The molecule has 1 fully saturated rings. The highest BCUT2D eigenvalue weighted by molar-refractivity contribution is 6.05. The Labute approximate surface area is 159 Å². The minimum atomic E-state index is -0.235. The Morgan fingerprint density at radius 1 is 1.26 bits per heavy atom. The number of benzene rings is 2. The molecule has 0 aliphatic heterocycles. The van der Waals surface area contributed by atoms with E-state index in [-0.39, 0.29) is 23.6 Å². The summed E-state index contributed by atoms with van der Waals surface area (Å²) in [6.45, 7) is 3.97. The molecule has 0 bridgehead atoms. The zero-order chi connectivity index (χ0) is 19.6. The molecule has 2 aromatic rings. The summed E-state index contributed by atoms with van der Waals surface area (Å²) in [5.41, 5.74) is 10.4. The number of nitrogen functional groups attached to an aromatic ring is 1. The SMILES string of the molecule is CCc1cc(F)ccc1CC(C)C(=N)c1cc(NC(=O)C2CC2)ccc1N. The van der Waals surface area contributed by atoms with Crippen LogP contribution in [0.25, 0.3) is 0 Å². The number of carbonyl (C=O) groups excluding carboxylic acids is 1. The smallest absolute Gasteiger partial charge is 0.227 e. The molecule has 0 aromatic heterocycles. The molecule has 4 nitrogen and oxygen atoms in total. The van der Waals surface area contributed by atoms with E-state index in [1.807, 2.05) is 13.8 Å². The van der Waals surface area contributed by atoms with Crippen molar-refractivity contribution >= 4 is 23.0 Å². The van der Waals surface area contributed by atoms with Gasteiger partial charge in [-0.1, -0.05) is 19.9 Å². The second-order valence-electron chi connectivity index (χ2n) is 7.35. The maximum atomic E-state index is 13.5. The normalized spacial score (nSPS) is 14.6. The van der Waals surface area contributed by atoms with Crippen LogP contribution in [0.3, 0.4) is 0 Å². The van der Waals surface area contributed by atoms with Crippen molar-refractivity contribution in [2.75, 3.05) is 11.1 Å². The van der Waals surface area contributed by atoms with Crippen molar-refractivity contribution in [2.45, 2.75) is 39.5 Å². The lowest BCUT2D eigenvalue weighted by molar-refractivity contribution is -0.117. The first-order valence-electron chi connectivity index (χ1n) is 9.45. The lowest BCUT2D eigenvalue weighted by Crippen LogP contribution is -2.18. The van der Waals surface area contributed by atoms with Gasteiger partial charge < -0.3 is 16.5 Å². The second-order valence-corrected chi connectivity index (χ2v) is 7.35. The Morgan fingerprint density at radius 3 is 2.67 bits per heavy atom. The fraction of sp³-hybridized carbons (Fsp3) is 0.364. The lowest BCUT2D eigenvalue weighted by Gasteiger charge is -2.18. The Morgan fingerprint density at radius 2 is 2.00 bits per heavy atom. The predicted molar refractivity (Wildman–Crippen MR) is 108 cm³/mol. The van der Waals surface area contributed by atoms with E-state index in [0.29, 0.717) is 29.1 Å². The number of aryl methyl sites for hydroxylation is 1. The first-order valence-corrected chi connectivity index (χ1v) is 9.45. The van der Waals surface area contributed by atoms with E-state index in [2.05, 4.69) is 5.32 Å². The fourth-order valence-electron chi connectivity index (χ4n) is 3.28. The van der Waals surface area contributed by atoms with Crippen molar-refractivity contribution in [3.8, 4) is 0 Å². The summed E-state index contributed by atoms with van der Waals surface area (Å²) in [7, 11) is 0. The third kappa shape index (κ3) is 4.54. The third-order valence-electron chi connectivity index (χ3n) is 5.13. The van der Waals surface area contributed by atoms with Gasteiger partial charge in [-0.05, 0) is 67.1 Å². The van der Waals surface area contributed by atoms with E-state index in [0.717, 1.165) is 30.4 Å². The standard InChI is InChI=1S/C22H26FN3O/c1-3-14-11-17(23)7-6-16(14)10-13(2)21(25)19-12-18(8-9-20(19)24)26-22(27)15-4-5-15/h6-9,11-13,15,25H,3-5,10,24H2,1-2H3,(H,26,27). The maximum absolute atomic E-state index is 13.5. The van der Waals surface area contributed by atoms with E-state index < -0.39 is 0 Å². The number of hydrogen-bond donors (Lipinski definition) is 3. The summed E-state index contributed by atoms with van der Waals surface area (Å²) in [6.07, 6.45) is 3.27. The average Bonchev–Trinajstić information content (AvgIpc) is 3.49. The van der Waals surface area contributed by atoms with E-state index in [1.165, 1.54) is 6.07 Å². The highest BCUT2D eigenvalue weighted by Crippen LogP contribution is 2.31. The van der Waals surface area contributed by atoms with Crippen molar-refractivity contribution in [3.05, 3.63) is 58.9 Å². The summed E-state index contributed by atoms with van der Waals surface area (Å²) in [6, 6.07) is 10.1. The molecule has 5 heteroatoms. The van der Waals surface area contributed by atoms with E-state index in [4.69, 9.17) is 11.1 Å². The zero-order valence-electron chi connectivity index (χ0n) is 15.8. The summed E-state index contributed by atoms with van der Waals surface area (Å²) >= 11 is 0. The highest BCUT2D eigenvalue weighted by Gasteiger charge is 2.29. The van der Waals surface area contributed by atoms with Gasteiger partial charge in [0.1, 0.15) is 5.82 Å². The molecule has 0 radical (unpaired) electrons. The van der Waals surface area contributed by atoms with Crippen LogP contribution in [0.4, 0.5) is 15.8 Å². The first kappa shape index (κ1) is 19.1. The van der Waals surface area contributed by atoms with Gasteiger partial charge in [0.2, 0.25) is 5.91 Å². The second kappa shape index (κ2) is 7.91. The number of carbonyl (C=O) groups is 1. The predicted octanol–water partition coefficient (Wildman–Crippen LogP) is 4.57. The Kier molecular flexibility index (Phi) is 5.59. The van der Waals surface area contributed by atoms with E-state index >= 15 is 0 Å². The van der Waals surface area contributed by atoms with E-state index in [9.17, 15) is 9.18 Å². The molecule has 1 aliphatic rings. The molecular formula is C22H26FN3O. The number of anilines is 2. The van der Waals surface area contributed by atoms with Gasteiger partial charge >= 0.3 is 0 Å². The first-order chi connectivity index (χ1) is 12.9. The molecule has 0 heterocycles. The van der Waals surface area contributed by atoms with Crippen LogP contribution < -0.4 is 11.1 Å². The minimum absolute atomic E-state index is 0.0317. The van der Waals surface area contributed by atoms with Crippen LogP contribution in [0, 0.1) is 23.1 Å². The van der Waals surface area contributed by atoms with Gasteiger partial charge in [-0.2, -0.15) is 0 Å². The van der Waals surface area contributed by atoms with Gasteiger partial charge in [0, 0.05) is 34.5 Å². The van der Waals surface area contributed by atoms with Crippen molar-refractivity contribution in [2.24, 2.45) is 11.8 Å². The number of nitrogens with one attached hydrogen (secondary N) is 2. The van der Waals surface area contributed by atoms with Crippen molar-refractivity contribution in [1.82, 2.24) is 0 Å². The molecule has 0 saturated heterocycles. The quantitative estimate of drug-likeness (QED) is 0.495. The van der Waals surface area contributed by atoms with Crippen LogP contribution in [0.2, 0.25) is 0 Å². The molecule has 142 valence electrons. The number of rotatable bonds is 7. The van der Waals surface area contributed by atoms with Gasteiger partial charge in [-0.3, -0.25) is 4.79 Å².